The van der Waals surface area contributed by atoms with E-state index in [0.717, 1.165) is 41.4 Å². The predicted octanol–water partition coefficient (Wildman–Crippen LogP) is 4.32. The smallest absolute Gasteiger partial charge is 0.410 e. The standard InChI is InChI=1S/C29H36N8O3/c1-29(2,3)40-28(39)37-15-7-9-24(37)26(38)30-14-6-4-5-8-19-17-31-27(35-25(19)33-21-10-11-21)34-22-12-13-23-20(16-22)18-32-36-23/h12-13,16-18,21,24H,4,6-7,9-11,14-15H2,1-3H3,(H,30,38)(H,32,36)(H2,31,33,34,35)/t24-/m0/s1. The second-order valence-electron chi connectivity index (χ2n) is 11.2. The molecule has 11 heteroatoms. The molecule has 1 saturated heterocycles. The van der Waals surface area contributed by atoms with Gasteiger partial charge in [0.25, 0.3) is 0 Å². The summed E-state index contributed by atoms with van der Waals surface area (Å²) in [4.78, 5) is 35.9. The summed E-state index contributed by atoms with van der Waals surface area (Å²) in [5, 5.41) is 17.7. The molecule has 1 aliphatic carbocycles. The van der Waals surface area contributed by atoms with Crippen LogP contribution in [0.5, 0.6) is 0 Å². The average Bonchev–Trinajstić information content (AvgIpc) is 3.37. The van der Waals surface area contributed by atoms with Crippen LogP contribution in [0.15, 0.2) is 30.6 Å². The predicted molar refractivity (Wildman–Crippen MR) is 153 cm³/mol. The summed E-state index contributed by atoms with van der Waals surface area (Å²) in [5.74, 6) is 7.43. The van der Waals surface area contributed by atoms with Gasteiger partial charge < -0.3 is 20.7 Å². The summed E-state index contributed by atoms with van der Waals surface area (Å²) in [5.41, 5.74) is 1.99. The first-order valence-electron chi connectivity index (χ1n) is 13.8. The Morgan fingerprint density at radius 3 is 2.85 bits per heavy atom. The van der Waals surface area contributed by atoms with E-state index in [9.17, 15) is 9.59 Å². The molecule has 1 saturated carbocycles. The monoisotopic (exact) mass is 544 g/mol. The Hall–Kier alpha value is -4.33. The topological polar surface area (TPSA) is 137 Å². The number of benzene rings is 1. The maximum absolute atomic E-state index is 12.7. The number of fused-ring (bicyclic) bond motifs is 1. The molecule has 0 radical (unpaired) electrons. The van der Waals surface area contributed by atoms with E-state index in [4.69, 9.17) is 4.74 Å². The Morgan fingerprint density at radius 2 is 2.05 bits per heavy atom. The van der Waals surface area contributed by atoms with E-state index in [1.54, 1.807) is 12.4 Å². The lowest BCUT2D eigenvalue weighted by molar-refractivity contribution is -0.125. The number of anilines is 3. The van der Waals surface area contributed by atoms with Crippen LogP contribution in [0.4, 0.5) is 22.2 Å². The summed E-state index contributed by atoms with van der Waals surface area (Å²) in [6.45, 7) is 6.49. The molecule has 1 aliphatic heterocycles. The molecular weight excluding hydrogens is 508 g/mol. The molecule has 3 aromatic rings. The van der Waals surface area contributed by atoms with Crippen molar-refractivity contribution in [2.75, 3.05) is 23.7 Å². The summed E-state index contributed by atoms with van der Waals surface area (Å²) >= 11 is 0. The van der Waals surface area contributed by atoms with Crippen LogP contribution in [0.1, 0.15) is 64.9 Å². The fraction of sp³-hybridized carbons (Fsp3) is 0.483. The lowest BCUT2D eigenvalue weighted by atomic mass is 10.2. The van der Waals surface area contributed by atoms with Gasteiger partial charge >= 0.3 is 6.09 Å². The van der Waals surface area contributed by atoms with E-state index in [1.807, 2.05) is 39.0 Å². The van der Waals surface area contributed by atoms with E-state index in [0.29, 0.717) is 50.2 Å². The van der Waals surface area contributed by atoms with Crippen LogP contribution in [0.2, 0.25) is 0 Å². The van der Waals surface area contributed by atoms with Crippen molar-refractivity contribution < 1.29 is 14.3 Å². The van der Waals surface area contributed by atoms with Crippen LogP contribution in [0, 0.1) is 11.8 Å². The Bertz CT molecular complexity index is 1430. The van der Waals surface area contributed by atoms with E-state index < -0.39 is 17.7 Å². The van der Waals surface area contributed by atoms with Gasteiger partial charge in [-0.3, -0.25) is 14.8 Å². The molecule has 3 heterocycles. The maximum Gasteiger partial charge on any atom is 0.410 e. The van der Waals surface area contributed by atoms with Gasteiger partial charge in [-0.25, -0.2) is 9.78 Å². The van der Waals surface area contributed by atoms with Crippen molar-refractivity contribution in [3.05, 3.63) is 36.2 Å². The molecule has 11 nitrogen and oxygen atoms in total. The zero-order chi connectivity index (χ0) is 28.1. The normalized spacial score (nSPS) is 16.8. The van der Waals surface area contributed by atoms with Gasteiger partial charge in [0.2, 0.25) is 11.9 Å². The molecule has 1 aromatic carbocycles. The minimum absolute atomic E-state index is 0.143. The number of rotatable bonds is 8. The van der Waals surface area contributed by atoms with Crippen molar-refractivity contribution in [2.45, 2.75) is 77.0 Å². The van der Waals surface area contributed by atoms with E-state index >= 15 is 0 Å². The van der Waals surface area contributed by atoms with Crippen LogP contribution in [0.25, 0.3) is 10.9 Å². The maximum atomic E-state index is 12.7. The summed E-state index contributed by atoms with van der Waals surface area (Å²) in [6.07, 6.45) is 8.03. The number of nitrogens with one attached hydrogen (secondary N) is 4. The highest BCUT2D eigenvalue weighted by Crippen LogP contribution is 2.27. The van der Waals surface area contributed by atoms with Crippen molar-refractivity contribution >= 4 is 40.4 Å². The molecule has 210 valence electrons. The minimum atomic E-state index is -0.592. The molecule has 1 atom stereocenters. The zero-order valence-corrected chi connectivity index (χ0v) is 23.2. The number of ether oxygens (including phenoxy) is 1. The zero-order valence-electron chi connectivity index (χ0n) is 23.2. The second kappa shape index (κ2) is 11.8. The van der Waals surface area contributed by atoms with Crippen molar-refractivity contribution in [2.24, 2.45) is 0 Å². The van der Waals surface area contributed by atoms with Crippen molar-refractivity contribution in [3.8, 4) is 11.8 Å². The number of carbonyl (C=O) groups excluding carboxylic acids is 2. The number of H-pyrrole nitrogens is 1. The van der Waals surface area contributed by atoms with Gasteiger partial charge in [-0.1, -0.05) is 11.8 Å². The number of hydrogen-bond acceptors (Lipinski definition) is 8. The molecule has 2 amide bonds. The summed E-state index contributed by atoms with van der Waals surface area (Å²) in [6, 6.07) is 5.83. The molecule has 0 spiro atoms. The molecular formula is C29H36N8O3. The van der Waals surface area contributed by atoms with E-state index in [-0.39, 0.29) is 5.91 Å². The highest BCUT2D eigenvalue weighted by atomic mass is 16.6. The van der Waals surface area contributed by atoms with Gasteiger partial charge in [0.15, 0.2) is 0 Å². The molecule has 0 bridgehead atoms. The average molecular weight is 545 g/mol. The number of unbranched alkanes of at least 4 members (excludes halogenated alkanes) is 1. The fourth-order valence-corrected chi connectivity index (χ4v) is 4.46. The van der Waals surface area contributed by atoms with Crippen LogP contribution in [0.3, 0.4) is 0 Å². The molecule has 40 heavy (non-hydrogen) atoms. The number of aromatic nitrogens is 4. The van der Waals surface area contributed by atoms with Gasteiger partial charge in [-0.2, -0.15) is 10.1 Å². The Morgan fingerprint density at radius 1 is 1.20 bits per heavy atom. The van der Waals surface area contributed by atoms with Crippen molar-refractivity contribution in [1.29, 1.82) is 0 Å². The second-order valence-corrected chi connectivity index (χ2v) is 11.2. The van der Waals surface area contributed by atoms with Crippen molar-refractivity contribution in [3.63, 3.8) is 0 Å². The largest absolute Gasteiger partial charge is 0.444 e. The fourth-order valence-electron chi connectivity index (χ4n) is 4.46. The third kappa shape index (κ3) is 7.20. The molecule has 0 unspecified atom stereocenters. The highest BCUT2D eigenvalue weighted by Gasteiger charge is 2.36. The Kier molecular flexibility index (Phi) is 8.05. The molecule has 4 N–H and O–H groups in total. The summed E-state index contributed by atoms with van der Waals surface area (Å²) < 4.78 is 5.45. The third-order valence-corrected chi connectivity index (χ3v) is 6.59. The summed E-state index contributed by atoms with van der Waals surface area (Å²) in [7, 11) is 0. The molecule has 2 aliphatic rings. The first kappa shape index (κ1) is 27.2. The number of aromatic amines is 1. The van der Waals surface area contributed by atoms with Crippen molar-refractivity contribution in [1.82, 2.24) is 30.4 Å². The Balaban J connectivity index is 1.13. The number of nitrogens with zero attached hydrogens (tertiary/aromatic N) is 4. The molecule has 5 rings (SSSR count). The van der Waals surface area contributed by atoms with E-state index in [2.05, 4.69) is 48.0 Å². The lowest BCUT2D eigenvalue weighted by Gasteiger charge is -2.28. The van der Waals surface area contributed by atoms with E-state index in [1.165, 1.54) is 4.90 Å². The van der Waals surface area contributed by atoms with Crippen LogP contribution >= 0.6 is 0 Å². The van der Waals surface area contributed by atoms with Gasteiger partial charge in [0.05, 0.1) is 23.5 Å². The third-order valence-electron chi connectivity index (χ3n) is 6.59. The van der Waals surface area contributed by atoms with Crippen LogP contribution in [-0.2, 0) is 9.53 Å². The van der Waals surface area contributed by atoms with Crippen LogP contribution < -0.4 is 16.0 Å². The van der Waals surface area contributed by atoms with Gasteiger partial charge in [-0.15, -0.1) is 0 Å². The molecule has 2 aromatic heterocycles. The Labute approximate surface area is 233 Å². The number of carbonyl (C=O) groups is 2. The SMILES string of the molecule is CC(C)(C)OC(=O)N1CCC[C@H]1C(=O)NCCCC#Cc1cnc(Nc2ccc3[nH]ncc3c2)nc1NC1CC1. The van der Waals surface area contributed by atoms with Gasteiger partial charge in [-0.05, 0) is 71.1 Å². The quantitative estimate of drug-likeness (QED) is 0.243. The highest BCUT2D eigenvalue weighted by molar-refractivity contribution is 5.86. The number of likely N-dealkylation sites (tertiary alicyclic amines) is 1. The first-order chi connectivity index (χ1) is 19.2. The number of hydrogen-bond donors (Lipinski definition) is 4. The van der Waals surface area contributed by atoms with Crippen LogP contribution in [-0.4, -0.2) is 67.8 Å². The minimum Gasteiger partial charge on any atom is -0.444 e. The molecule has 2 fully saturated rings. The lowest BCUT2D eigenvalue weighted by Crippen LogP contribution is -2.47. The van der Waals surface area contributed by atoms with Gasteiger partial charge in [0.1, 0.15) is 17.5 Å². The number of amides is 2. The van der Waals surface area contributed by atoms with Gasteiger partial charge in [0, 0.05) is 36.6 Å². The first-order valence-corrected chi connectivity index (χ1v) is 13.8.